The lowest BCUT2D eigenvalue weighted by Crippen LogP contribution is -2.33. The number of halogens is 3. The molecule has 1 aromatic carbocycles. The first-order valence-electron chi connectivity index (χ1n) is 6.32. The maximum Gasteiger partial charge on any atom is 0.244 e. The van der Waals surface area contributed by atoms with Crippen LogP contribution in [-0.2, 0) is 10.0 Å². The van der Waals surface area contributed by atoms with Crippen LogP contribution in [0.4, 0.5) is 8.78 Å². The van der Waals surface area contributed by atoms with Crippen molar-refractivity contribution in [3.05, 3.63) is 28.2 Å². The van der Waals surface area contributed by atoms with Crippen molar-refractivity contribution in [2.24, 2.45) is 11.3 Å². The zero-order valence-electron chi connectivity index (χ0n) is 11.2. The zero-order valence-corrected chi connectivity index (χ0v) is 13.6. The summed E-state index contributed by atoms with van der Waals surface area (Å²) >= 11 is 2.90. The van der Waals surface area contributed by atoms with Gasteiger partial charge in [0.05, 0.1) is 0 Å². The average molecular weight is 368 g/mol. The van der Waals surface area contributed by atoms with Crippen LogP contribution in [0.5, 0.6) is 0 Å². The molecule has 0 bridgehead atoms. The first-order chi connectivity index (χ1) is 9.18. The van der Waals surface area contributed by atoms with Gasteiger partial charge in [0, 0.05) is 17.1 Å². The van der Waals surface area contributed by atoms with Gasteiger partial charge in [-0.2, -0.15) is 0 Å². The third-order valence-corrected chi connectivity index (χ3v) is 6.33. The second-order valence-corrected chi connectivity index (χ2v) is 8.10. The van der Waals surface area contributed by atoms with Crippen LogP contribution >= 0.6 is 15.9 Å². The molecule has 3 nitrogen and oxygen atoms in total. The molecule has 1 N–H and O–H groups in total. The molecule has 20 heavy (non-hydrogen) atoms. The number of hydrogen-bond donors (Lipinski definition) is 1. The first-order valence-corrected chi connectivity index (χ1v) is 8.60. The molecule has 1 aliphatic carbocycles. The van der Waals surface area contributed by atoms with Crippen molar-refractivity contribution >= 4 is 26.0 Å². The van der Waals surface area contributed by atoms with Gasteiger partial charge in [0.2, 0.25) is 10.0 Å². The van der Waals surface area contributed by atoms with Crippen LogP contribution in [0.2, 0.25) is 0 Å². The quantitative estimate of drug-likeness (QED) is 0.866. The molecule has 1 fully saturated rings. The van der Waals surface area contributed by atoms with Gasteiger partial charge >= 0.3 is 0 Å². The Morgan fingerprint density at radius 3 is 2.40 bits per heavy atom. The van der Waals surface area contributed by atoms with Gasteiger partial charge < -0.3 is 0 Å². The molecule has 0 heterocycles. The highest BCUT2D eigenvalue weighted by Gasteiger charge is 2.46. The molecule has 0 spiro atoms. The molecule has 1 aliphatic rings. The summed E-state index contributed by atoms with van der Waals surface area (Å²) in [7, 11) is -4.00. The van der Waals surface area contributed by atoms with Gasteiger partial charge in [0.1, 0.15) is 16.5 Å². The molecule has 0 radical (unpaired) electrons. The minimum absolute atomic E-state index is 0.0317. The van der Waals surface area contributed by atoms with Crippen molar-refractivity contribution in [2.45, 2.75) is 31.6 Å². The van der Waals surface area contributed by atoms with Gasteiger partial charge in [-0.25, -0.2) is 21.9 Å². The maximum atomic E-state index is 13.7. The molecule has 0 atom stereocenters. The molecule has 2 rings (SSSR count). The Labute approximate surface area is 125 Å². The van der Waals surface area contributed by atoms with E-state index in [-0.39, 0.29) is 16.4 Å². The molecular weight excluding hydrogens is 352 g/mol. The summed E-state index contributed by atoms with van der Waals surface area (Å²) in [5.74, 6) is -1.57. The van der Waals surface area contributed by atoms with E-state index < -0.39 is 26.6 Å². The van der Waals surface area contributed by atoms with Crippen molar-refractivity contribution in [1.82, 2.24) is 4.72 Å². The van der Waals surface area contributed by atoms with Crippen molar-refractivity contribution < 1.29 is 17.2 Å². The summed E-state index contributed by atoms with van der Waals surface area (Å²) in [5.41, 5.74) is -0.0317. The van der Waals surface area contributed by atoms with E-state index in [4.69, 9.17) is 0 Å². The smallest absolute Gasteiger partial charge is 0.210 e. The Morgan fingerprint density at radius 1 is 1.35 bits per heavy atom. The molecule has 0 unspecified atom stereocenters. The molecular formula is C13H16BrF2NO2S. The number of rotatable bonds is 5. The van der Waals surface area contributed by atoms with Crippen LogP contribution in [-0.4, -0.2) is 15.0 Å². The van der Waals surface area contributed by atoms with Gasteiger partial charge in [0.15, 0.2) is 0 Å². The highest BCUT2D eigenvalue weighted by Crippen LogP contribution is 2.51. The molecule has 1 saturated carbocycles. The predicted octanol–water partition coefficient (Wildman–Crippen LogP) is 3.44. The average Bonchev–Trinajstić information content (AvgIpc) is 3.05. The summed E-state index contributed by atoms with van der Waals surface area (Å²) in [6, 6.07) is 1.50. The lowest BCUT2D eigenvalue weighted by molar-refractivity contribution is 0.357. The minimum Gasteiger partial charge on any atom is -0.210 e. The Kier molecular flexibility index (Phi) is 4.24. The summed E-state index contributed by atoms with van der Waals surface area (Å²) in [6.45, 7) is 4.35. The van der Waals surface area contributed by atoms with Gasteiger partial charge in [-0.05, 0) is 46.2 Å². The van der Waals surface area contributed by atoms with Crippen LogP contribution in [0.25, 0.3) is 0 Å². The highest BCUT2D eigenvalue weighted by molar-refractivity contribution is 9.10. The Bertz CT molecular complexity index is 604. The zero-order chi connectivity index (χ0) is 15.1. The molecule has 0 aromatic heterocycles. The van der Waals surface area contributed by atoms with Gasteiger partial charge in [-0.3, -0.25) is 0 Å². The van der Waals surface area contributed by atoms with E-state index in [9.17, 15) is 17.2 Å². The normalized spacial score (nSPS) is 17.5. The van der Waals surface area contributed by atoms with Gasteiger partial charge in [-0.1, -0.05) is 13.8 Å². The number of hydrogen-bond acceptors (Lipinski definition) is 2. The fourth-order valence-corrected chi connectivity index (χ4v) is 4.52. The van der Waals surface area contributed by atoms with Gasteiger partial charge in [-0.15, -0.1) is 0 Å². The number of nitrogens with one attached hydrogen (secondary N) is 1. The molecule has 0 saturated heterocycles. The standard InChI is InChI=1S/C13H16BrF2NO2S/c1-8(2)13(3-4-13)7-17-20(18,19)12-10(14)5-9(15)6-11(12)16/h5-6,8,17H,3-4,7H2,1-2H3. The summed E-state index contributed by atoms with van der Waals surface area (Å²) in [4.78, 5) is -0.543. The van der Waals surface area contributed by atoms with Gasteiger partial charge in [0.25, 0.3) is 0 Å². The van der Waals surface area contributed by atoms with Crippen molar-refractivity contribution in [2.75, 3.05) is 6.54 Å². The Hall–Kier alpha value is -0.530. The molecule has 1 aromatic rings. The first kappa shape index (κ1) is 15.9. The molecule has 0 aliphatic heterocycles. The fraction of sp³-hybridized carbons (Fsp3) is 0.538. The van der Waals surface area contributed by atoms with E-state index in [1.807, 2.05) is 13.8 Å². The molecule has 7 heteroatoms. The second-order valence-electron chi connectivity index (χ2n) is 5.54. The van der Waals surface area contributed by atoms with Crippen LogP contribution < -0.4 is 4.72 Å². The number of sulfonamides is 1. The third-order valence-electron chi connectivity index (χ3n) is 3.96. The SMILES string of the molecule is CC(C)C1(CNS(=O)(=O)c2c(F)cc(F)cc2Br)CC1. The summed E-state index contributed by atoms with van der Waals surface area (Å²) < 4.78 is 53.4. The van der Waals surface area contributed by atoms with E-state index >= 15 is 0 Å². The molecule has 112 valence electrons. The minimum atomic E-state index is -4.00. The second kappa shape index (κ2) is 5.35. The van der Waals surface area contributed by atoms with E-state index in [1.165, 1.54) is 0 Å². The number of benzene rings is 1. The van der Waals surface area contributed by atoms with E-state index in [1.54, 1.807) is 0 Å². The Balaban J connectivity index is 2.24. The maximum absolute atomic E-state index is 13.7. The van der Waals surface area contributed by atoms with Crippen molar-refractivity contribution in [3.63, 3.8) is 0 Å². The summed E-state index contributed by atoms with van der Waals surface area (Å²) in [5, 5.41) is 0. The van der Waals surface area contributed by atoms with Crippen LogP contribution in [0.1, 0.15) is 26.7 Å². The highest BCUT2D eigenvalue weighted by atomic mass is 79.9. The van der Waals surface area contributed by atoms with E-state index in [0.29, 0.717) is 12.0 Å². The van der Waals surface area contributed by atoms with E-state index in [0.717, 1.165) is 18.9 Å². The van der Waals surface area contributed by atoms with Crippen molar-refractivity contribution in [3.8, 4) is 0 Å². The van der Waals surface area contributed by atoms with Crippen molar-refractivity contribution in [1.29, 1.82) is 0 Å². The lowest BCUT2D eigenvalue weighted by Gasteiger charge is -2.20. The van der Waals surface area contributed by atoms with Crippen LogP contribution in [0.3, 0.4) is 0 Å². The monoisotopic (exact) mass is 367 g/mol. The third kappa shape index (κ3) is 3.04. The predicted molar refractivity (Wildman–Crippen MR) is 75.8 cm³/mol. The van der Waals surface area contributed by atoms with Crippen LogP contribution in [0.15, 0.2) is 21.5 Å². The van der Waals surface area contributed by atoms with E-state index in [2.05, 4.69) is 20.7 Å². The van der Waals surface area contributed by atoms with Crippen LogP contribution in [0, 0.1) is 23.0 Å². The fourth-order valence-electron chi connectivity index (χ4n) is 2.22. The largest absolute Gasteiger partial charge is 0.244 e. The lowest BCUT2D eigenvalue weighted by atomic mass is 9.93. The Morgan fingerprint density at radius 2 is 1.95 bits per heavy atom. The molecule has 0 amide bonds. The topological polar surface area (TPSA) is 46.2 Å². The summed E-state index contributed by atoms with van der Waals surface area (Å²) in [6.07, 6.45) is 1.92.